The molecule has 0 spiro atoms. The Hall–Kier alpha value is -3.08. The van der Waals surface area contributed by atoms with Gasteiger partial charge in [-0.1, -0.05) is 30.3 Å². The maximum atomic E-state index is 12.6. The number of aryl methyl sites for hydroxylation is 1. The molecule has 1 aliphatic rings. The van der Waals surface area contributed by atoms with E-state index in [0.29, 0.717) is 37.7 Å². The number of hydrogen-bond donors (Lipinski definition) is 3. The average Bonchev–Trinajstić information content (AvgIpc) is 3.15. The molecule has 9 heteroatoms. The second kappa shape index (κ2) is 11.2. The van der Waals surface area contributed by atoms with Gasteiger partial charge in [-0.2, -0.15) is 0 Å². The molecule has 1 saturated heterocycles. The largest absolute Gasteiger partial charge is 0.459 e. The molecule has 33 heavy (non-hydrogen) atoms. The lowest BCUT2D eigenvalue weighted by Crippen LogP contribution is -2.49. The number of carbonyl (C=O) groups excluding carboxylic acids is 2. The van der Waals surface area contributed by atoms with Crippen molar-refractivity contribution in [3.8, 4) is 0 Å². The van der Waals surface area contributed by atoms with E-state index in [1.165, 1.54) is 0 Å². The van der Waals surface area contributed by atoms with Crippen molar-refractivity contribution in [2.75, 3.05) is 26.7 Å². The van der Waals surface area contributed by atoms with Gasteiger partial charge in [0.05, 0.1) is 13.1 Å². The minimum atomic E-state index is -0.127. The quantitative estimate of drug-likeness (QED) is 0.253. The summed E-state index contributed by atoms with van der Waals surface area (Å²) in [5, 5.41) is 10.4. The number of furan rings is 1. The third-order valence-electron chi connectivity index (χ3n) is 5.57. The van der Waals surface area contributed by atoms with Crippen LogP contribution in [0.4, 0.5) is 0 Å². The Kier molecular flexibility index (Phi) is 8.32. The number of aliphatic imine (C=N–C) groups is 1. The van der Waals surface area contributed by atoms with E-state index in [9.17, 15) is 9.59 Å². The van der Waals surface area contributed by atoms with Crippen LogP contribution in [-0.4, -0.2) is 49.4 Å². The first-order valence-corrected chi connectivity index (χ1v) is 10.6. The highest BCUT2D eigenvalue weighted by molar-refractivity contribution is 14.0. The van der Waals surface area contributed by atoms with E-state index in [4.69, 9.17) is 4.42 Å². The second-order valence-electron chi connectivity index (χ2n) is 7.70. The first kappa shape index (κ1) is 24.6. The molecule has 0 radical (unpaired) electrons. The minimum absolute atomic E-state index is 0. The molecule has 174 valence electrons. The molecular weight excluding hydrogens is 533 g/mol. The lowest BCUT2D eigenvalue weighted by Gasteiger charge is -2.26. The fourth-order valence-corrected chi connectivity index (χ4v) is 3.72. The van der Waals surface area contributed by atoms with Crippen molar-refractivity contribution in [3.63, 3.8) is 0 Å². The van der Waals surface area contributed by atoms with Gasteiger partial charge in [-0.15, -0.1) is 24.0 Å². The molecule has 2 amide bonds. The zero-order valence-corrected chi connectivity index (χ0v) is 21.0. The van der Waals surface area contributed by atoms with Crippen LogP contribution in [0, 0.1) is 6.92 Å². The van der Waals surface area contributed by atoms with E-state index < -0.39 is 0 Å². The molecule has 1 aromatic heterocycles. The number of carbonyl (C=O) groups is 2. The third kappa shape index (κ3) is 5.84. The van der Waals surface area contributed by atoms with E-state index in [1.807, 2.05) is 30.3 Å². The number of para-hydroxylation sites is 1. The smallest absolute Gasteiger partial charge is 0.254 e. The predicted molar refractivity (Wildman–Crippen MR) is 139 cm³/mol. The highest BCUT2D eigenvalue weighted by Gasteiger charge is 2.22. The van der Waals surface area contributed by atoms with Crippen LogP contribution in [0.5, 0.6) is 0 Å². The highest BCUT2D eigenvalue weighted by atomic mass is 127. The van der Waals surface area contributed by atoms with Crippen molar-refractivity contribution >= 4 is 52.7 Å². The minimum Gasteiger partial charge on any atom is -0.459 e. The number of guanidine groups is 1. The Bertz CT molecular complexity index is 1160. The zero-order chi connectivity index (χ0) is 22.5. The summed E-state index contributed by atoms with van der Waals surface area (Å²) >= 11 is 0. The summed E-state index contributed by atoms with van der Waals surface area (Å²) < 4.78 is 5.94. The summed E-state index contributed by atoms with van der Waals surface area (Å²) in [6.45, 7) is 4.26. The molecular formula is C24H28IN5O3. The number of rotatable bonds is 5. The number of fused-ring (bicyclic) bond motifs is 1. The number of nitrogens with one attached hydrogen (secondary N) is 3. The summed E-state index contributed by atoms with van der Waals surface area (Å²) in [5.41, 5.74) is 3.59. The van der Waals surface area contributed by atoms with Gasteiger partial charge >= 0.3 is 0 Å². The van der Waals surface area contributed by atoms with Crippen molar-refractivity contribution in [2.45, 2.75) is 20.0 Å². The normalized spacial score (nSPS) is 13.9. The first-order chi connectivity index (χ1) is 15.5. The number of piperazine rings is 1. The summed E-state index contributed by atoms with van der Waals surface area (Å²) in [5.74, 6) is 1.29. The van der Waals surface area contributed by atoms with E-state index in [0.717, 1.165) is 27.9 Å². The summed E-state index contributed by atoms with van der Waals surface area (Å²) in [4.78, 5) is 29.9. The second-order valence-corrected chi connectivity index (χ2v) is 7.70. The molecule has 2 heterocycles. The maximum Gasteiger partial charge on any atom is 0.254 e. The van der Waals surface area contributed by atoms with E-state index in [-0.39, 0.29) is 42.3 Å². The first-order valence-electron chi connectivity index (χ1n) is 10.6. The van der Waals surface area contributed by atoms with Gasteiger partial charge in [0.2, 0.25) is 5.91 Å². The van der Waals surface area contributed by atoms with Gasteiger partial charge in [0.1, 0.15) is 11.3 Å². The Balaban J connectivity index is 0.00000306. The van der Waals surface area contributed by atoms with Crippen molar-refractivity contribution in [1.29, 1.82) is 0 Å². The Morgan fingerprint density at radius 2 is 1.85 bits per heavy atom. The summed E-state index contributed by atoms with van der Waals surface area (Å²) in [6.07, 6.45) is 0. The highest BCUT2D eigenvalue weighted by Crippen LogP contribution is 2.24. The topological polar surface area (TPSA) is 99.0 Å². The van der Waals surface area contributed by atoms with Crippen LogP contribution in [0.3, 0.4) is 0 Å². The van der Waals surface area contributed by atoms with Crippen LogP contribution < -0.4 is 16.0 Å². The average molecular weight is 561 g/mol. The Morgan fingerprint density at radius 3 is 2.55 bits per heavy atom. The van der Waals surface area contributed by atoms with E-state index in [1.54, 1.807) is 24.1 Å². The molecule has 1 fully saturated rings. The molecule has 1 aliphatic heterocycles. The number of hydrogen-bond acceptors (Lipinski definition) is 4. The van der Waals surface area contributed by atoms with Crippen molar-refractivity contribution < 1.29 is 14.0 Å². The molecule has 3 N–H and O–H groups in total. The van der Waals surface area contributed by atoms with Gasteiger partial charge in [0.15, 0.2) is 5.96 Å². The van der Waals surface area contributed by atoms with Crippen LogP contribution in [-0.2, 0) is 17.9 Å². The van der Waals surface area contributed by atoms with Gasteiger partial charge in [-0.25, -0.2) is 0 Å². The lowest BCUT2D eigenvalue weighted by atomic mass is 10.1. The third-order valence-corrected chi connectivity index (χ3v) is 5.57. The fourth-order valence-electron chi connectivity index (χ4n) is 3.72. The molecule has 0 unspecified atom stereocenters. The molecule has 8 nitrogen and oxygen atoms in total. The molecule has 4 rings (SSSR count). The molecule has 3 aromatic rings. The number of halogens is 1. The predicted octanol–water partition coefficient (Wildman–Crippen LogP) is 2.80. The number of benzene rings is 2. The fraction of sp³-hybridized carbons (Fsp3) is 0.292. The Morgan fingerprint density at radius 1 is 1.12 bits per heavy atom. The number of nitrogens with zero attached hydrogens (tertiary/aromatic N) is 2. The van der Waals surface area contributed by atoms with Gasteiger partial charge in [-0.3, -0.25) is 14.6 Å². The maximum absolute atomic E-state index is 12.6. The van der Waals surface area contributed by atoms with Crippen molar-refractivity contribution in [3.05, 3.63) is 71.0 Å². The SMILES string of the molecule is CN=C(NCc1ccc(C(=O)N2CCNC(=O)C2)cc1)NCc1oc2ccccc2c1C.I. The molecule has 0 bridgehead atoms. The standard InChI is InChI=1S/C24H27N5O3.HI/c1-16-19-5-3-4-6-20(19)32-21(16)14-28-24(25-2)27-13-17-7-9-18(10-8-17)23(31)29-12-11-26-22(30)15-29;/h3-10H,11-15H2,1-2H3,(H,26,30)(H2,25,27,28);1H. The van der Waals surface area contributed by atoms with Crippen molar-refractivity contribution in [1.82, 2.24) is 20.9 Å². The monoisotopic (exact) mass is 561 g/mol. The Labute approximate surface area is 209 Å². The van der Waals surface area contributed by atoms with Crippen LogP contribution in [0.1, 0.15) is 27.2 Å². The molecule has 0 aliphatic carbocycles. The number of amides is 2. The van der Waals surface area contributed by atoms with E-state index >= 15 is 0 Å². The van der Waals surface area contributed by atoms with Gasteiger partial charge in [0.25, 0.3) is 5.91 Å². The van der Waals surface area contributed by atoms with Crippen molar-refractivity contribution in [2.24, 2.45) is 4.99 Å². The molecule has 2 aromatic carbocycles. The molecule has 0 atom stereocenters. The summed E-state index contributed by atoms with van der Waals surface area (Å²) in [6, 6.07) is 15.4. The zero-order valence-electron chi connectivity index (χ0n) is 18.7. The van der Waals surface area contributed by atoms with Gasteiger partial charge in [0, 0.05) is 43.2 Å². The molecule has 0 saturated carbocycles. The van der Waals surface area contributed by atoms with Gasteiger partial charge in [-0.05, 0) is 30.7 Å². The van der Waals surface area contributed by atoms with Crippen LogP contribution >= 0.6 is 24.0 Å². The van der Waals surface area contributed by atoms with Crippen LogP contribution in [0.15, 0.2) is 57.9 Å². The van der Waals surface area contributed by atoms with Gasteiger partial charge < -0.3 is 25.3 Å². The van der Waals surface area contributed by atoms with E-state index in [2.05, 4.69) is 33.9 Å². The van der Waals surface area contributed by atoms with Crippen LogP contribution in [0.25, 0.3) is 11.0 Å². The lowest BCUT2D eigenvalue weighted by molar-refractivity contribution is -0.123. The summed E-state index contributed by atoms with van der Waals surface area (Å²) in [7, 11) is 1.72. The van der Waals surface area contributed by atoms with Crippen LogP contribution in [0.2, 0.25) is 0 Å².